The first-order valence-electron chi connectivity index (χ1n) is 7.51. The molecule has 2 amide bonds. The molecule has 0 saturated carbocycles. The molecule has 24 heavy (non-hydrogen) atoms. The minimum Gasteiger partial charge on any atom is -0.495 e. The van der Waals surface area contributed by atoms with E-state index < -0.39 is 17.9 Å². The van der Waals surface area contributed by atoms with Crippen molar-refractivity contribution in [3.05, 3.63) is 23.8 Å². The summed E-state index contributed by atoms with van der Waals surface area (Å²) in [6, 6.07) is 4.24. The van der Waals surface area contributed by atoms with Gasteiger partial charge in [0.25, 0.3) is 0 Å². The minimum absolute atomic E-state index is 0.314. The van der Waals surface area contributed by atoms with Gasteiger partial charge in [0, 0.05) is 13.1 Å². The predicted molar refractivity (Wildman–Crippen MR) is 85.3 cm³/mol. The van der Waals surface area contributed by atoms with E-state index in [-0.39, 0.29) is 6.03 Å². The summed E-state index contributed by atoms with van der Waals surface area (Å²) in [4.78, 5) is 36.3. The molecule has 8 heteroatoms. The van der Waals surface area contributed by atoms with Crippen molar-refractivity contribution in [1.29, 1.82) is 0 Å². The Hall–Kier alpha value is -2.77. The molecule has 1 heterocycles. The Labute approximate surface area is 139 Å². The lowest BCUT2D eigenvalue weighted by atomic mass is 9.97. The van der Waals surface area contributed by atoms with Gasteiger partial charge < -0.3 is 24.8 Å². The van der Waals surface area contributed by atoms with Crippen LogP contribution in [0.1, 0.15) is 23.2 Å². The van der Waals surface area contributed by atoms with Gasteiger partial charge in [0.1, 0.15) is 5.75 Å². The van der Waals surface area contributed by atoms with Crippen LogP contribution in [-0.4, -0.2) is 55.3 Å². The third-order valence-corrected chi connectivity index (χ3v) is 4.00. The number of rotatable bonds is 4. The lowest BCUT2D eigenvalue weighted by molar-refractivity contribution is -0.143. The van der Waals surface area contributed by atoms with Gasteiger partial charge in [0.2, 0.25) is 0 Å². The van der Waals surface area contributed by atoms with Gasteiger partial charge in [-0.2, -0.15) is 0 Å². The standard InChI is InChI=1S/C16H20N2O6/c1-23-13-9-11(15(21)24-2)3-4-12(13)17-16(22)18-7-5-10(6-8-18)14(19)20/h3-4,9-10H,5-8H2,1-2H3,(H,17,22)(H,19,20). The van der Waals surface area contributed by atoms with E-state index in [4.69, 9.17) is 9.84 Å². The number of benzene rings is 1. The largest absolute Gasteiger partial charge is 0.495 e. The average molecular weight is 336 g/mol. The first-order chi connectivity index (χ1) is 11.5. The molecule has 0 radical (unpaired) electrons. The van der Waals surface area contributed by atoms with Crippen LogP contribution in [-0.2, 0) is 9.53 Å². The molecule has 8 nitrogen and oxygen atoms in total. The molecule has 130 valence electrons. The number of anilines is 1. The number of urea groups is 1. The number of aliphatic carboxylic acids is 1. The predicted octanol–water partition coefficient (Wildman–Crippen LogP) is 1.81. The Kier molecular flexibility index (Phi) is 5.62. The van der Waals surface area contributed by atoms with Gasteiger partial charge in [-0.3, -0.25) is 4.79 Å². The number of nitrogens with one attached hydrogen (secondary N) is 1. The van der Waals surface area contributed by atoms with E-state index in [0.717, 1.165) is 0 Å². The number of nitrogens with zero attached hydrogens (tertiary/aromatic N) is 1. The molecule has 1 aromatic rings. The summed E-state index contributed by atoms with van der Waals surface area (Å²) in [6.07, 6.45) is 0.863. The first-order valence-corrected chi connectivity index (χ1v) is 7.51. The maximum atomic E-state index is 12.3. The molecule has 0 unspecified atom stereocenters. The summed E-state index contributed by atoms with van der Waals surface area (Å²) in [6.45, 7) is 0.761. The van der Waals surface area contributed by atoms with Crippen LogP contribution in [0.15, 0.2) is 18.2 Å². The van der Waals surface area contributed by atoms with E-state index in [9.17, 15) is 14.4 Å². The number of esters is 1. The van der Waals surface area contributed by atoms with Crippen molar-refractivity contribution < 1.29 is 29.0 Å². The Bertz CT molecular complexity index is 637. The number of likely N-dealkylation sites (tertiary alicyclic amines) is 1. The third-order valence-electron chi connectivity index (χ3n) is 4.00. The van der Waals surface area contributed by atoms with Crippen molar-refractivity contribution >= 4 is 23.7 Å². The molecule has 1 saturated heterocycles. The highest BCUT2D eigenvalue weighted by molar-refractivity contribution is 5.94. The van der Waals surface area contributed by atoms with E-state index >= 15 is 0 Å². The average Bonchev–Trinajstić information content (AvgIpc) is 2.61. The maximum absolute atomic E-state index is 12.3. The lowest BCUT2D eigenvalue weighted by Crippen LogP contribution is -2.42. The van der Waals surface area contributed by atoms with Gasteiger partial charge in [-0.1, -0.05) is 0 Å². The first kappa shape index (κ1) is 17.6. The van der Waals surface area contributed by atoms with E-state index in [1.54, 1.807) is 11.0 Å². The number of hydrogen-bond acceptors (Lipinski definition) is 5. The SMILES string of the molecule is COC(=O)c1ccc(NC(=O)N2CCC(C(=O)O)CC2)c(OC)c1. The summed E-state index contributed by atoms with van der Waals surface area (Å²) in [5.41, 5.74) is 0.741. The third kappa shape index (κ3) is 3.95. The summed E-state index contributed by atoms with van der Waals surface area (Å²) in [5, 5.41) is 11.7. The number of ether oxygens (including phenoxy) is 2. The van der Waals surface area contributed by atoms with Crippen molar-refractivity contribution in [2.75, 3.05) is 32.6 Å². The molecule has 0 aliphatic carbocycles. The van der Waals surface area contributed by atoms with Crippen LogP contribution in [0, 0.1) is 5.92 Å². The fraction of sp³-hybridized carbons (Fsp3) is 0.438. The Morgan fingerprint density at radius 1 is 1.21 bits per heavy atom. The smallest absolute Gasteiger partial charge is 0.337 e. The zero-order valence-corrected chi connectivity index (χ0v) is 13.6. The van der Waals surface area contributed by atoms with Crippen LogP contribution in [0.4, 0.5) is 10.5 Å². The molecule has 1 fully saturated rings. The molecule has 1 aliphatic heterocycles. The van der Waals surface area contributed by atoms with Gasteiger partial charge >= 0.3 is 18.0 Å². The normalized spacial score (nSPS) is 14.8. The topological polar surface area (TPSA) is 105 Å². The molecular formula is C16H20N2O6. The molecule has 1 aromatic carbocycles. The van der Waals surface area contributed by atoms with E-state index in [1.807, 2.05) is 0 Å². The van der Waals surface area contributed by atoms with Gasteiger partial charge in [-0.15, -0.1) is 0 Å². The molecule has 0 spiro atoms. The highest BCUT2D eigenvalue weighted by Gasteiger charge is 2.27. The minimum atomic E-state index is -0.824. The second-order valence-electron chi connectivity index (χ2n) is 5.44. The van der Waals surface area contributed by atoms with Gasteiger partial charge in [0.05, 0.1) is 31.4 Å². The molecule has 2 rings (SSSR count). The van der Waals surface area contributed by atoms with Crippen molar-refractivity contribution in [3.63, 3.8) is 0 Å². The molecule has 2 N–H and O–H groups in total. The van der Waals surface area contributed by atoms with Crippen LogP contribution in [0.3, 0.4) is 0 Å². The number of methoxy groups -OCH3 is 2. The van der Waals surface area contributed by atoms with Gasteiger partial charge in [-0.25, -0.2) is 9.59 Å². The molecule has 0 aromatic heterocycles. The van der Waals surface area contributed by atoms with Crippen LogP contribution < -0.4 is 10.1 Å². The number of hydrogen-bond donors (Lipinski definition) is 2. The monoisotopic (exact) mass is 336 g/mol. The molecular weight excluding hydrogens is 316 g/mol. The lowest BCUT2D eigenvalue weighted by Gasteiger charge is -2.30. The quantitative estimate of drug-likeness (QED) is 0.813. The number of piperidine rings is 1. The zero-order chi connectivity index (χ0) is 17.7. The molecule has 0 bridgehead atoms. The zero-order valence-electron chi connectivity index (χ0n) is 13.6. The maximum Gasteiger partial charge on any atom is 0.337 e. The number of carboxylic acids is 1. The van der Waals surface area contributed by atoms with E-state index in [1.165, 1.54) is 26.4 Å². The van der Waals surface area contributed by atoms with Crippen LogP contribution in [0.25, 0.3) is 0 Å². The van der Waals surface area contributed by atoms with Crippen LogP contribution in [0.2, 0.25) is 0 Å². The fourth-order valence-corrected chi connectivity index (χ4v) is 2.56. The second kappa shape index (κ2) is 7.67. The number of carbonyl (C=O) groups excluding carboxylic acids is 2. The molecule has 1 aliphatic rings. The summed E-state index contributed by atoms with van der Waals surface area (Å²) in [5.74, 6) is -1.38. The Morgan fingerprint density at radius 3 is 2.42 bits per heavy atom. The van der Waals surface area contributed by atoms with Crippen molar-refractivity contribution in [3.8, 4) is 5.75 Å². The van der Waals surface area contributed by atoms with Crippen LogP contribution in [0.5, 0.6) is 5.75 Å². The summed E-state index contributed by atoms with van der Waals surface area (Å²) in [7, 11) is 2.72. The summed E-state index contributed by atoms with van der Waals surface area (Å²) < 4.78 is 9.84. The number of carbonyl (C=O) groups is 3. The highest BCUT2D eigenvalue weighted by Crippen LogP contribution is 2.27. The Balaban J connectivity index is 2.04. The van der Waals surface area contributed by atoms with Crippen molar-refractivity contribution in [2.24, 2.45) is 5.92 Å². The fourth-order valence-electron chi connectivity index (χ4n) is 2.56. The van der Waals surface area contributed by atoms with Crippen molar-refractivity contribution in [1.82, 2.24) is 4.90 Å². The van der Waals surface area contributed by atoms with Crippen LogP contribution >= 0.6 is 0 Å². The number of amides is 2. The Morgan fingerprint density at radius 2 is 1.88 bits per heavy atom. The number of carboxylic acid groups (broad SMARTS) is 1. The van der Waals surface area contributed by atoms with E-state index in [0.29, 0.717) is 42.9 Å². The highest BCUT2D eigenvalue weighted by atomic mass is 16.5. The summed E-state index contributed by atoms with van der Waals surface area (Å²) >= 11 is 0. The van der Waals surface area contributed by atoms with E-state index in [2.05, 4.69) is 10.1 Å². The second-order valence-corrected chi connectivity index (χ2v) is 5.44. The van der Waals surface area contributed by atoms with Gasteiger partial charge in [0.15, 0.2) is 0 Å². The molecule has 0 atom stereocenters. The van der Waals surface area contributed by atoms with Crippen molar-refractivity contribution in [2.45, 2.75) is 12.8 Å². The van der Waals surface area contributed by atoms with Gasteiger partial charge in [-0.05, 0) is 31.0 Å².